The fourth-order valence-corrected chi connectivity index (χ4v) is 4.40. The van der Waals surface area contributed by atoms with Crippen LogP contribution >= 0.6 is 11.6 Å². The second-order valence-corrected chi connectivity index (χ2v) is 8.44. The summed E-state index contributed by atoms with van der Waals surface area (Å²) in [5, 5.41) is 0.255. The molecule has 0 saturated heterocycles. The van der Waals surface area contributed by atoms with Crippen molar-refractivity contribution in [2.45, 2.75) is 9.79 Å². The fraction of sp³-hybridized carbons (Fsp3) is 0. The Balaban J connectivity index is 1.67. The first-order valence-electron chi connectivity index (χ1n) is 8.37. The number of aromatic amines is 1. The third kappa shape index (κ3) is 3.32. The van der Waals surface area contributed by atoms with E-state index >= 15 is 0 Å². The maximum atomic E-state index is 14.1. The number of rotatable bonds is 4. The highest BCUT2D eigenvalue weighted by Crippen LogP contribution is 2.30. The van der Waals surface area contributed by atoms with Crippen molar-refractivity contribution in [1.29, 1.82) is 0 Å². The van der Waals surface area contributed by atoms with Crippen LogP contribution < -0.4 is 0 Å². The minimum absolute atomic E-state index is 0.193. The summed E-state index contributed by atoms with van der Waals surface area (Å²) >= 11 is 6.08. The Bertz CT molecular complexity index is 1220. The normalized spacial score (nSPS) is 11.5. The van der Waals surface area contributed by atoms with Crippen molar-refractivity contribution in [1.82, 2.24) is 9.97 Å². The Labute approximate surface area is 166 Å². The molecule has 4 rings (SSSR count). The van der Waals surface area contributed by atoms with Gasteiger partial charge in [-0.3, -0.25) is 0 Å². The summed E-state index contributed by atoms with van der Waals surface area (Å²) in [6.45, 7) is 0. The molecule has 1 N–H and O–H groups in total. The van der Waals surface area contributed by atoms with Crippen LogP contribution in [0.4, 0.5) is 4.39 Å². The van der Waals surface area contributed by atoms with Gasteiger partial charge in [0.05, 0.1) is 32.3 Å². The number of halogens is 2. The molecule has 0 spiro atoms. The Morgan fingerprint density at radius 3 is 2.21 bits per heavy atom. The van der Waals surface area contributed by atoms with Crippen LogP contribution in [0.5, 0.6) is 0 Å². The average molecular weight is 413 g/mol. The van der Waals surface area contributed by atoms with Crippen LogP contribution in [0.2, 0.25) is 5.02 Å². The quantitative estimate of drug-likeness (QED) is 0.490. The molecule has 0 amide bonds. The summed E-state index contributed by atoms with van der Waals surface area (Å²) in [5.74, 6) is -0.170. The number of hydrogen-bond acceptors (Lipinski definition) is 3. The number of aromatic nitrogens is 2. The number of benzene rings is 3. The van der Waals surface area contributed by atoms with Gasteiger partial charge in [-0.2, -0.15) is 0 Å². The lowest BCUT2D eigenvalue weighted by molar-refractivity contribution is 0.596. The van der Waals surface area contributed by atoms with E-state index in [0.717, 1.165) is 5.56 Å². The molecule has 0 aliphatic heterocycles. The molecule has 0 atom stereocenters. The molecule has 4 aromatic rings. The first kappa shape index (κ1) is 18.4. The van der Waals surface area contributed by atoms with E-state index in [1.54, 1.807) is 54.7 Å². The van der Waals surface area contributed by atoms with Crippen molar-refractivity contribution < 1.29 is 12.8 Å². The molecule has 1 heterocycles. The zero-order valence-electron chi connectivity index (χ0n) is 14.4. The van der Waals surface area contributed by atoms with Gasteiger partial charge < -0.3 is 4.98 Å². The molecular formula is C21H14ClFN2O2S. The first-order chi connectivity index (χ1) is 13.5. The SMILES string of the molecule is O=S(=O)(c1ccccc1)c1ccc(-c2cnc(-c3c(F)cccc3Cl)[nH]2)cc1. The average Bonchev–Trinajstić information content (AvgIpc) is 3.18. The van der Waals surface area contributed by atoms with E-state index in [9.17, 15) is 12.8 Å². The lowest BCUT2D eigenvalue weighted by Crippen LogP contribution is -2.01. The maximum Gasteiger partial charge on any atom is 0.206 e. The van der Waals surface area contributed by atoms with Crippen LogP contribution in [-0.4, -0.2) is 18.4 Å². The number of nitrogens with one attached hydrogen (secondary N) is 1. The monoisotopic (exact) mass is 412 g/mol. The number of sulfone groups is 1. The number of nitrogens with zero attached hydrogens (tertiary/aromatic N) is 1. The van der Waals surface area contributed by atoms with Gasteiger partial charge in [-0.15, -0.1) is 0 Å². The third-order valence-electron chi connectivity index (χ3n) is 4.30. The topological polar surface area (TPSA) is 62.8 Å². The molecular weight excluding hydrogens is 399 g/mol. The molecule has 0 radical (unpaired) electrons. The van der Waals surface area contributed by atoms with E-state index in [1.807, 2.05) is 0 Å². The smallest absolute Gasteiger partial charge is 0.206 e. The van der Waals surface area contributed by atoms with E-state index in [4.69, 9.17) is 11.6 Å². The number of H-pyrrole nitrogens is 1. The predicted molar refractivity (Wildman–Crippen MR) is 106 cm³/mol. The lowest BCUT2D eigenvalue weighted by Gasteiger charge is -2.06. The lowest BCUT2D eigenvalue weighted by atomic mass is 10.2. The first-order valence-corrected chi connectivity index (χ1v) is 10.2. The zero-order valence-corrected chi connectivity index (χ0v) is 16.0. The molecule has 1 aromatic heterocycles. The van der Waals surface area contributed by atoms with E-state index in [0.29, 0.717) is 11.5 Å². The third-order valence-corrected chi connectivity index (χ3v) is 6.41. The van der Waals surface area contributed by atoms with Crippen LogP contribution in [0.1, 0.15) is 0 Å². The Kier molecular flexibility index (Phi) is 4.75. The molecule has 7 heteroatoms. The second kappa shape index (κ2) is 7.22. The van der Waals surface area contributed by atoms with E-state index in [1.165, 1.54) is 24.3 Å². The molecule has 0 fully saturated rings. The van der Waals surface area contributed by atoms with Gasteiger partial charge in [0.15, 0.2) is 0 Å². The molecule has 0 bridgehead atoms. The van der Waals surface area contributed by atoms with Gasteiger partial charge in [0, 0.05) is 0 Å². The van der Waals surface area contributed by atoms with Crippen molar-refractivity contribution in [3.63, 3.8) is 0 Å². The standard InChI is InChI=1S/C21H14ClFN2O2S/c22-17-7-4-8-18(23)20(17)21-24-13-19(25-21)14-9-11-16(12-10-14)28(26,27)15-5-2-1-3-6-15/h1-13H,(H,24,25). The molecule has 0 saturated carbocycles. The highest BCUT2D eigenvalue weighted by atomic mass is 35.5. The highest BCUT2D eigenvalue weighted by molar-refractivity contribution is 7.91. The summed E-state index contributed by atoms with van der Waals surface area (Å²) < 4.78 is 39.4. The van der Waals surface area contributed by atoms with Crippen LogP contribution in [0.15, 0.2) is 88.8 Å². The summed E-state index contributed by atoms with van der Waals surface area (Å²) in [4.78, 5) is 7.67. The molecule has 0 unspecified atom stereocenters. The summed E-state index contributed by atoms with van der Waals surface area (Å²) in [6, 6.07) is 19.1. The van der Waals surface area contributed by atoms with Crippen LogP contribution in [0.25, 0.3) is 22.6 Å². The second-order valence-electron chi connectivity index (χ2n) is 6.08. The summed E-state index contributed by atoms with van der Waals surface area (Å²) in [6.07, 6.45) is 1.55. The maximum absolute atomic E-state index is 14.1. The largest absolute Gasteiger partial charge is 0.338 e. The molecule has 3 aromatic carbocycles. The van der Waals surface area contributed by atoms with Crippen molar-refractivity contribution in [2.24, 2.45) is 0 Å². The van der Waals surface area contributed by atoms with Gasteiger partial charge in [0.2, 0.25) is 9.84 Å². The minimum atomic E-state index is -3.58. The predicted octanol–water partition coefficient (Wildman–Crippen LogP) is 5.37. The van der Waals surface area contributed by atoms with E-state index in [-0.39, 0.29) is 20.4 Å². The molecule has 4 nitrogen and oxygen atoms in total. The molecule has 28 heavy (non-hydrogen) atoms. The van der Waals surface area contributed by atoms with Gasteiger partial charge in [0.25, 0.3) is 0 Å². The van der Waals surface area contributed by atoms with Gasteiger partial charge in [-0.25, -0.2) is 17.8 Å². The van der Waals surface area contributed by atoms with Crippen molar-refractivity contribution in [2.75, 3.05) is 0 Å². The van der Waals surface area contributed by atoms with Crippen molar-refractivity contribution >= 4 is 21.4 Å². The van der Waals surface area contributed by atoms with Crippen LogP contribution in [-0.2, 0) is 9.84 Å². The van der Waals surface area contributed by atoms with Crippen molar-refractivity contribution in [3.05, 3.63) is 89.8 Å². The van der Waals surface area contributed by atoms with Gasteiger partial charge >= 0.3 is 0 Å². The molecule has 0 aliphatic carbocycles. The van der Waals surface area contributed by atoms with Crippen molar-refractivity contribution in [3.8, 4) is 22.6 Å². The van der Waals surface area contributed by atoms with E-state index in [2.05, 4.69) is 9.97 Å². The number of imidazole rings is 1. The number of hydrogen-bond donors (Lipinski definition) is 1. The minimum Gasteiger partial charge on any atom is -0.338 e. The molecule has 140 valence electrons. The van der Waals surface area contributed by atoms with Gasteiger partial charge in [0.1, 0.15) is 11.6 Å². The Morgan fingerprint density at radius 1 is 0.857 bits per heavy atom. The fourth-order valence-electron chi connectivity index (χ4n) is 2.87. The summed E-state index contributed by atoms with van der Waals surface area (Å²) in [5.41, 5.74) is 1.54. The molecule has 0 aliphatic rings. The van der Waals surface area contributed by atoms with Crippen LogP contribution in [0.3, 0.4) is 0 Å². The Morgan fingerprint density at radius 2 is 1.54 bits per heavy atom. The van der Waals surface area contributed by atoms with E-state index < -0.39 is 15.7 Å². The van der Waals surface area contributed by atoms with Gasteiger partial charge in [-0.05, 0) is 42.0 Å². The Hall–Kier alpha value is -2.96. The highest BCUT2D eigenvalue weighted by Gasteiger charge is 2.18. The summed E-state index contributed by atoms with van der Waals surface area (Å²) in [7, 11) is -3.58. The zero-order chi connectivity index (χ0) is 19.7. The van der Waals surface area contributed by atoms with Crippen LogP contribution in [0, 0.1) is 5.82 Å². The van der Waals surface area contributed by atoms with Gasteiger partial charge in [-0.1, -0.05) is 48.0 Å².